The largest absolute Gasteiger partial charge is 0.354 e. The molecule has 1 aromatic heterocycles. The van der Waals surface area contributed by atoms with E-state index >= 15 is 0 Å². The van der Waals surface area contributed by atoms with Crippen molar-refractivity contribution in [3.63, 3.8) is 0 Å². The molecule has 0 atom stereocenters. The Bertz CT molecular complexity index is 390. The molecule has 1 aliphatic heterocycles. The predicted octanol–water partition coefficient (Wildman–Crippen LogP) is 3.01. The zero-order chi connectivity index (χ0) is 13.0. The maximum Gasteiger partial charge on any atom is 0.129 e. The molecule has 3 nitrogen and oxygen atoms in total. The SMILES string of the molecule is CCCN1CCN(c2ccc(Cl)c(CCl)n2)CC1. The van der Waals surface area contributed by atoms with E-state index in [0.717, 1.165) is 37.7 Å². The van der Waals surface area contributed by atoms with Crippen molar-refractivity contribution in [2.75, 3.05) is 37.6 Å². The third-order valence-corrected chi connectivity index (χ3v) is 3.86. The second kappa shape index (κ2) is 6.60. The van der Waals surface area contributed by atoms with Crippen LogP contribution in [-0.4, -0.2) is 42.6 Å². The van der Waals surface area contributed by atoms with Gasteiger partial charge in [-0.2, -0.15) is 0 Å². The van der Waals surface area contributed by atoms with Crippen molar-refractivity contribution < 1.29 is 0 Å². The molecule has 0 bridgehead atoms. The quantitative estimate of drug-likeness (QED) is 0.794. The van der Waals surface area contributed by atoms with E-state index in [9.17, 15) is 0 Å². The van der Waals surface area contributed by atoms with E-state index in [1.54, 1.807) is 0 Å². The summed E-state index contributed by atoms with van der Waals surface area (Å²) < 4.78 is 0. The summed E-state index contributed by atoms with van der Waals surface area (Å²) in [6.07, 6.45) is 1.22. The number of pyridine rings is 1. The summed E-state index contributed by atoms with van der Waals surface area (Å²) in [5.74, 6) is 1.36. The van der Waals surface area contributed by atoms with Gasteiger partial charge in [0.2, 0.25) is 0 Å². The number of aromatic nitrogens is 1. The van der Waals surface area contributed by atoms with Gasteiger partial charge in [0.05, 0.1) is 16.6 Å². The van der Waals surface area contributed by atoms with Crippen LogP contribution >= 0.6 is 23.2 Å². The first kappa shape index (κ1) is 13.9. The first-order chi connectivity index (χ1) is 8.74. The molecule has 0 spiro atoms. The molecule has 1 aromatic rings. The summed E-state index contributed by atoms with van der Waals surface area (Å²) >= 11 is 11.9. The van der Waals surface area contributed by atoms with Gasteiger partial charge in [-0.1, -0.05) is 18.5 Å². The van der Waals surface area contributed by atoms with Crippen LogP contribution in [0.2, 0.25) is 5.02 Å². The molecule has 0 radical (unpaired) electrons. The molecular formula is C13H19Cl2N3. The van der Waals surface area contributed by atoms with E-state index in [1.165, 1.54) is 13.0 Å². The third kappa shape index (κ3) is 3.28. The summed E-state index contributed by atoms with van der Waals surface area (Å²) in [6, 6.07) is 3.87. The van der Waals surface area contributed by atoms with Crippen LogP contribution in [0.4, 0.5) is 5.82 Å². The van der Waals surface area contributed by atoms with Crippen molar-refractivity contribution in [1.29, 1.82) is 0 Å². The van der Waals surface area contributed by atoms with E-state index in [1.807, 2.05) is 12.1 Å². The Morgan fingerprint density at radius 3 is 2.56 bits per heavy atom. The van der Waals surface area contributed by atoms with Gasteiger partial charge in [-0.3, -0.25) is 4.90 Å². The average molecular weight is 288 g/mol. The highest BCUT2D eigenvalue weighted by molar-refractivity contribution is 6.32. The van der Waals surface area contributed by atoms with E-state index < -0.39 is 0 Å². The second-order valence-electron chi connectivity index (χ2n) is 4.56. The number of piperazine rings is 1. The number of alkyl halides is 1. The van der Waals surface area contributed by atoms with Gasteiger partial charge in [-0.15, -0.1) is 11.6 Å². The van der Waals surface area contributed by atoms with E-state index in [0.29, 0.717) is 10.9 Å². The second-order valence-corrected chi connectivity index (χ2v) is 5.23. The Balaban J connectivity index is 2.01. The molecule has 2 rings (SSSR count). The van der Waals surface area contributed by atoms with Gasteiger partial charge < -0.3 is 4.90 Å². The summed E-state index contributed by atoms with van der Waals surface area (Å²) in [5, 5.41) is 0.651. The molecule has 0 unspecified atom stereocenters. The number of halogens is 2. The Hall–Kier alpha value is -0.510. The molecule has 2 heterocycles. The van der Waals surface area contributed by atoms with Gasteiger partial charge in [-0.05, 0) is 25.1 Å². The van der Waals surface area contributed by atoms with Gasteiger partial charge in [-0.25, -0.2) is 4.98 Å². The lowest BCUT2D eigenvalue weighted by molar-refractivity contribution is 0.258. The fourth-order valence-corrected chi connectivity index (χ4v) is 2.70. The normalized spacial score (nSPS) is 17.2. The minimum Gasteiger partial charge on any atom is -0.354 e. The molecule has 0 amide bonds. The number of hydrogen-bond acceptors (Lipinski definition) is 3. The molecular weight excluding hydrogens is 269 g/mol. The molecule has 0 N–H and O–H groups in total. The minimum atomic E-state index is 0.364. The zero-order valence-corrected chi connectivity index (χ0v) is 12.2. The molecule has 18 heavy (non-hydrogen) atoms. The lowest BCUT2D eigenvalue weighted by Crippen LogP contribution is -2.46. The molecule has 0 aromatic carbocycles. The van der Waals surface area contributed by atoms with Crippen LogP contribution in [0.3, 0.4) is 0 Å². The maximum atomic E-state index is 6.03. The Morgan fingerprint density at radius 2 is 1.94 bits per heavy atom. The van der Waals surface area contributed by atoms with E-state index in [-0.39, 0.29) is 0 Å². The first-order valence-electron chi connectivity index (χ1n) is 6.43. The van der Waals surface area contributed by atoms with E-state index in [4.69, 9.17) is 23.2 Å². The fourth-order valence-electron chi connectivity index (χ4n) is 2.26. The smallest absolute Gasteiger partial charge is 0.129 e. The Kier molecular flexibility index (Phi) is 5.10. The van der Waals surface area contributed by atoms with Crippen LogP contribution in [0, 0.1) is 0 Å². The van der Waals surface area contributed by atoms with Crippen molar-refractivity contribution in [3.8, 4) is 0 Å². The van der Waals surface area contributed by atoms with Gasteiger partial charge in [0, 0.05) is 26.2 Å². The number of rotatable bonds is 4. The highest BCUT2D eigenvalue weighted by Crippen LogP contribution is 2.21. The highest BCUT2D eigenvalue weighted by atomic mass is 35.5. The first-order valence-corrected chi connectivity index (χ1v) is 7.34. The Morgan fingerprint density at radius 1 is 1.22 bits per heavy atom. The molecule has 100 valence electrons. The average Bonchev–Trinajstić information content (AvgIpc) is 2.41. The molecule has 1 aliphatic rings. The van der Waals surface area contributed by atoms with Crippen molar-refractivity contribution in [3.05, 3.63) is 22.8 Å². The fraction of sp³-hybridized carbons (Fsp3) is 0.615. The highest BCUT2D eigenvalue weighted by Gasteiger charge is 2.17. The summed E-state index contributed by atoms with van der Waals surface area (Å²) in [6.45, 7) is 7.67. The van der Waals surface area contributed by atoms with Crippen LogP contribution in [0.15, 0.2) is 12.1 Å². The minimum absolute atomic E-state index is 0.364. The summed E-state index contributed by atoms with van der Waals surface area (Å²) in [5.41, 5.74) is 0.770. The predicted molar refractivity (Wildman–Crippen MR) is 77.7 cm³/mol. The number of anilines is 1. The topological polar surface area (TPSA) is 19.4 Å². The standard InChI is InChI=1S/C13H19Cl2N3/c1-2-5-17-6-8-18(9-7-17)13-4-3-11(15)12(10-14)16-13/h3-4H,2,5-10H2,1H3. The number of hydrogen-bond donors (Lipinski definition) is 0. The third-order valence-electron chi connectivity index (χ3n) is 3.27. The van der Waals surface area contributed by atoms with Crippen LogP contribution in [-0.2, 0) is 5.88 Å². The molecule has 1 fully saturated rings. The molecule has 0 saturated carbocycles. The van der Waals surface area contributed by atoms with Gasteiger partial charge >= 0.3 is 0 Å². The van der Waals surface area contributed by atoms with Gasteiger partial charge in [0.15, 0.2) is 0 Å². The van der Waals surface area contributed by atoms with Crippen LogP contribution in [0.5, 0.6) is 0 Å². The maximum absolute atomic E-state index is 6.03. The molecule has 5 heteroatoms. The summed E-state index contributed by atoms with van der Waals surface area (Å²) in [4.78, 5) is 9.33. The van der Waals surface area contributed by atoms with Crippen LogP contribution in [0.1, 0.15) is 19.0 Å². The van der Waals surface area contributed by atoms with Gasteiger partial charge in [0.25, 0.3) is 0 Å². The van der Waals surface area contributed by atoms with Crippen LogP contribution < -0.4 is 4.90 Å². The number of nitrogens with zero attached hydrogens (tertiary/aromatic N) is 3. The van der Waals surface area contributed by atoms with Crippen LogP contribution in [0.25, 0.3) is 0 Å². The van der Waals surface area contributed by atoms with Crippen molar-refractivity contribution >= 4 is 29.0 Å². The molecule has 0 aliphatic carbocycles. The lowest BCUT2D eigenvalue weighted by atomic mass is 10.2. The summed E-state index contributed by atoms with van der Waals surface area (Å²) in [7, 11) is 0. The van der Waals surface area contributed by atoms with Crippen molar-refractivity contribution in [1.82, 2.24) is 9.88 Å². The molecule has 1 saturated heterocycles. The Labute approximate surface area is 119 Å². The van der Waals surface area contributed by atoms with Crippen molar-refractivity contribution in [2.24, 2.45) is 0 Å². The van der Waals surface area contributed by atoms with E-state index in [2.05, 4.69) is 21.7 Å². The lowest BCUT2D eigenvalue weighted by Gasteiger charge is -2.35. The van der Waals surface area contributed by atoms with Crippen molar-refractivity contribution in [2.45, 2.75) is 19.2 Å². The zero-order valence-electron chi connectivity index (χ0n) is 10.7. The van der Waals surface area contributed by atoms with Gasteiger partial charge in [0.1, 0.15) is 5.82 Å². The monoisotopic (exact) mass is 287 g/mol.